The standard InChI is InChI=1S/C10H14N2O2/c1-12-4-2-3-8(12)7-5-9(13)10(14)11-6-7/h5-6,8,13H,2-4H2,1H3,(H,11,14). The number of pyridine rings is 1. The topological polar surface area (TPSA) is 56.3 Å². The Balaban J connectivity index is 2.32. The molecule has 0 amide bonds. The number of hydrogen-bond donors (Lipinski definition) is 2. The van der Waals surface area contributed by atoms with Crippen molar-refractivity contribution in [2.45, 2.75) is 18.9 Å². The van der Waals surface area contributed by atoms with Crippen molar-refractivity contribution in [1.29, 1.82) is 0 Å². The number of aromatic hydroxyl groups is 1. The van der Waals surface area contributed by atoms with Crippen LogP contribution in [-0.2, 0) is 0 Å². The van der Waals surface area contributed by atoms with Crippen LogP contribution in [0.5, 0.6) is 5.75 Å². The van der Waals surface area contributed by atoms with E-state index < -0.39 is 5.56 Å². The molecule has 2 N–H and O–H groups in total. The third-order valence-electron chi connectivity index (χ3n) is 2.81. The van der Waals surface area contributed by atoms with E-state index in [4.69, 9.17) is 0 Å². The zero-order valence-corrected chi connectivity index (χ0v) is 8.16. The summed E-state index contributed by atoms with van der Waals surface area (Å²) in [4.78, 5) is 15.7. The third kappa shape index (κ3) is 1.53. The first-order valence-electron chi connectivity index (χ1n) is 4.80. The summed E-state index contributed by atoms with van der Waals surface area (Å²) in [7, 11) is 2.06. The molecule has 76 valence electrons. The Morgan fingerprint density at radius 1 is 1.64 bits per heavy atom. The molecule has 1 fully saturated rings. The number of aromatic nitrogens is 1. The molecule has 14 heavy (non-hydrogen) atoms. The Labute approximate surface area is 82.2 Å². The molecular weight excluding hydrogens is 180 g/mol. The average Bonchev–Trinajstić information content (AvgIpc) is 2.57. The van der Waals surface area contributed by atoms with Gasteiger partial charge in [-0.1, -0.05) is 0 Å². The summed E-state index contributed by atoms with van der Waals surface area (Å²) in [6.07, 6.45) is 3.94. The second-order valence-electron chi connectivity index (χ2n) is 3.79. The molecule has 0 saturated carbocycles. The summed E-state index contributed by atoms with van der Waals surface area (Å²) in [5.41, 5.74) is 0.566. The van der Waals surface area contributed by atoms with E-state index in [1.807, 2.05) is 0 Å². The molecule has 0 bridgehead atoms. The molecule has 0 aliphatic carbocycles. The van der Waals surface area contributed by atoms with Crippen molar-refractivity contribution in [3.8, 4) is 5.75 Å². The lowest BCUT2D eigenvalue weighted by molar-refractivity contribution is 0.315. The molecule has 0 radical (unpaired) electrons. The van der Waals surface area contributed by atoms with Crippen molar-refractivity contribution in [1.82, 2.24) is 9.88 Å². The number of nitrogens with one attached hydrogen (secondary N) is 1. The van der Waals surface area contributed by atoms with E-state index in [-0.39, 0.29) is 5.75 Å². The van der Waals surface area contributed by atoms with Gasteiger partial charge in [-0.25, -0.2) is 0 Å². The van der Waals surface area contributed by atoms with Crippen LogP contribution >= 0.6 is 0 Å². The van der Waals surface area contributed by atoms with Gasteiger partial charge in [0.15, 0.2) is 5.75 Å². The minimum absolute atomic E-state index is 0.192. The maximum absolute atomic E-state index is 10.9. The molecule has 1 atom stereocenters. The van der Waals surface area contributed by atoms with Gasteiger partial charge in [-0.2, -0.15) is 0 Å². The molecule has 4 nitrogen and oxygen atoms in total. The fourth-order valence-electron chi connectivity index (χ4n) is 2.01. The Hall–Kier alpha value is -1.29. The van der Waals surface area contributed by atoms with Crippen molar-refractivity contribution >= 4 is 0 Å². The normalized spacial score (nSPS) is 22.8. The summed E-state index contributed by atoms with van der Waals surface area (Å²) < 4.78 is 0. The Morgan fingerprint density at radius 2 is 2.43 bits per heavy atom. The van der Waals surface area contributed by atoms with E-state index in [0.717, 1.165) is 18.5 Å². The van der Waals surface area contributed by atoms with E-state index in [9.17, 15) is 9.90 Å². The fraction of sp³-hybridized carbons (Fsp3) is 0.500. The second kappa shape index (κ2) is 3.46. The zero-order valence-electron chi connectivity index (χ0n) is 8.16. The van der Waals surface area contributed by atoms with E-state index in [2.05, 4.69) is 16.9 Å². The van der Waals surface area contributed by atoms with Crippen LogP contribution in [0.25, 0.3) is 0 Å². The minimum Gasteiger partial charge on any atom is -0.503 e. The average molecular weight is 194 g/mol. The Kier molecular flexibility index (Phi) is 2.29. The second-order valence-corrected chi connectivity index (χ2v) is 3.79. The lowest BCUT2D eigenvalue weighted by Crippen LogP contribution is -2.18. The number of rotatable bonds is 1. The van der Waals surface area contributed by atoms with Crippen LogP contribution in [0.1, 0.15) is 24.4 Å². The third-order valence-corrected chi connectivity index (χ3v) is 2.81. The molecule has 0 spiro atoms. The SMILES string of the molecule is CN1CCCC1c1c[nH]c(=O)c(O)c1. The number of hydrogen-bond acceptors (Lipinski definition) is 3. The zero-order chi connectivity index (χ0) is 10.1. The lowest BCUT2D eigenvalue weighted by atomic mass is 10.1. The van der Waals surface area contributed by atoms with E-state index >= 15 is 0 Å². The largest absolute Gasteiger partial charge is 0.503 e. The summed E-state index contributed by atoms with van der Waals surface area (Å²) in [5, 5.41) is 9.28. The van der Waals surface area contributed by atoms with Crippen LogP contribution in [0.2, 0.25) is 0 Å². The van der Waals surface area contributed by atoms with Gasteiger partial charge in [-0.05, 0) is 38.1 Å². The maximum atomic E-state index is 10.9. The summed E-state index contributed by atoms with van der Waals surface area (Å²) in [6.45, 7) is 1.07. The van der Waals surface area contributed by atoms with Crippen molar-refractivity contribution in [2.75, 3.05) is 13.6 Å². The molecule has 1 unspecified atom stereocenters. The molecular formula is C10H14N2O2. The Bertz CT molecular complexity index is 386. The maximum Gasteiger partial charge on any atom is 0.290 e. The molecule has 1 saturated heterocycles. The first-order valence-corrected chi connectivity index (χ1v) is 4.80. The van der Waals surface area contributed by atoms with Gasteiger partial charge in [0.25, 0.3) is 5.56 Å². The van der Waals surface area contributed by atoms with Crippen molar-refractivity contribution in [2.24, 2.45) is 0 Å². The number of nitrogens with zero attached hydrogens (tertiary/aromatic N) is 1. The summed E-state index contributed by atoms with van der Waals surface area (Å²) in [6, 6.07) is 1.89. The fourth-order valence-corrected chi connectivity index (χ4v) is 2.01. The molecule has 1 aromatic rings. The molecule has 2 rings (SSSR count). The summed E-state index contributed by atoms with van der Waals surface area (Å²) in [5.74, 6) is -0.192. The molecule has 1 aromatic heterocycles. The summed E-state index contributed by atoms with van der Waals surface area (Å²) >= 11 is 0. The van der Waals surface area contributed by atoms with E-state index in [1.54, 1.807) is 12.3 Å². The van der Waals surface area contributed by atoms with Crippen LogP contribution in [0, 0.1) is 0 Å². The monoisotopic (exact) mass is 194 g/mol. The predicted molar refractivity (Wildman–Crippen MR) is 53.3 cm³/mol. The van der Waals surface area contributed by atoms with Gasteiger partial charge in [-0.3, -0.25) is 9.69 Å². The van der Waals surface area contributed by atoms with Crippen molar-refractivity contribution in [3.63, 3.8) is 0 Å². The number of aromatic amines is 1. The van der Waals surface area contributed by atoms with Gasteiger partial charge in [0.1, 0.15) is 0 Å². The molecule has 2 heterocycles. The smallest absolute Gasteiger partial charge is 0.290 e. The van der Waals surface area contributed by atoms with Gasteiger partial charge >= 0.3 is 0 Å². The highest BCUT2D eigenvalue weighted by Gasteiger charge is 2.23. The first-order chi connectivity index (χ1) is 6.68. The molecule has 1 aliphatic heterocycles. The first kappa shape index (κ1) is 9.27. The highest BCUT2D eigenvalue weighted by Crippen LogP contribution is 2.30. The van der Waals surface area contributed by atoms with Gasteiger partial charge in [0, 0.05) is 12.2 Å². The highest BCUT2D eigenvalue weighted by atomic mass is 16.3. The van der Waals surface area contributed by atoms with E-state index in [0.29, 0.717) is 6.04 Å². The number of H-pyrrole nitrogens is 1. The van der Waals surface area contributed by atoms with Crippen LogP contribution in [-0.4, -0.2) is 28.6 Å². The molecule has 4 heteroatoms. The van der Waals surface area contributed by atoms with Gasteiger partial charge < -0.3 is 10.1 Å². The van der Waals surface area contributed by atoms with E-state index in [1.165, 1.54) is 6.42 Å². The van der Waals surface area contributed by atoms with Gasteiger partial charge in [-0.15, -0.1) is 0 Å². The van der Waals surface area contributed by atoms with Crippen LogP contribution in [0.4, 0.5) is 0 Å². The highest BCUT2D eigenvalue weighted by molar-refractivity contribution is 5.25. The van der Waals surface area contributed by atoms with Crippen LogP contribution < -0.4 is 5.56 Å². The quantitative estimate of drug-likeness (QED) is 0.696. The van der Waals surface area contributed by atoms with Crippen molar-refractivity contribution in [3.05, 3.63) is 28.2 Å². The molecule has 0 aromatic carbocycles. The van der Waals surface area contributed by atoms with Crippen LogP contribution in [0.15, 0.2) is 17.1 Å². The van der Waals surface area contributed by atoms with Gasteiger partial charge in [0.05, 0.1) is 0 Å². The molecule has 1 aliphatic rings. The van der Waals surface area contributed by atoms with Crippen LogP contribution in [0.3, 0.4) is 0 Å². The Morgan fingerprint density at radius 3 is 3.00 bits per heavy atom. The lowest BCUT2D eigenvalue weighted by Gasteiger charge is -2.19. The van der Waals surface area contributed by atoms with Crippen molar-refractivity contribution < 1.29 is 5.11 Å². The minimum atomic E-state index is -0.422. The van der Waals surface area contributed by atoms with Gasteiger partial charge in [0.2, 0.25) is 0 Å². The predicted octanol–water partition coefficient (Wildman–Crippen LogP) is 0.847. The number of likely N-dealkylation sites (tertiary alicyclic amines) is 1.